The third kappa shape index (κ3) is 3.31. The van der Waals surface area contributed by atoms with Crippen LogP contribution >= 0.6 is 0 Å². The first-order valence-corrected chi connectivity index (χ1v) is 12.7. The molecular formula is C25H36Si. The van der Waals surface area contributed by atoms with E-state index in [4.69, 9.17) is 0 Å². The van der Waals surface area contributed by atoms with Crippen molar-refractivity contribution in [1.29, 1.82) is 0 Å². The number of fused-ring (bicyclic) bond motifs is 3. The fraction of sp³-hybridized carbons (Fsp3) is 0.520. The molecule has 0 amide bonds. The molecule has 0 nitrogen and oxygen atoms in total. The van der Waals surface area contributed by atoms with E-state index in [2.05, 4.69) is 91.8 Å². The molecule has 0 bridgehead atoms. The molecule has 140 valence electrons. The number of benzene rings is 2. The van der Waals surface area contributed by atoms with E-state index in [1.165, 1.54) is 34.3 Å². The van der Waals surface area contributed by atoms with Gasteiger partial charge < -0.3 is 0 Å². The van der Waals surface area contributed by atoms with Crippen LogP contribution in [0.4, 0.5) is 0 Å². The Labute approximate surface area is 162 Å². The number of hydrogen-bond acceptors (Lipinski definition) is 0. The van der Waals surface area contributed by atoms with E-state index in [1.807, 2.05) is 0 Å². The molecule has 26 heavy (non-hydrogen) atoms. The molecule has 1 heteroatoms. The molecule has 0 unspecified atom stereocenters. The first kappa shape index (κ1) is 19.4. The second-order valence-electron chi connectivity index (χ2n) is 10.2. The van der Waals surface area contributed by atoms with Crippen molar-refractivity contribution >= 4 is 8.80 Å². The van der Waals surface area contributed by atoms with Crippen LogP contribution in [0.3, 0.4) is 0 Å². The normalized spacial score (nSPS) is 14.7. The first-order chi connectivity index (χ1) is 12.1. The van der Waals surface area contributed by atoms with Crippen molar-refractivity contribution in [2.24, 2.45) is 0 Å². The minimum atomic E-state index is -0.868. The van der Waals surface area contributed by atoms with Gasteiger partial charge in [0, 0.05) is 14.3 Å². The zero-order valence-corrected chi connectivity index (χ0v) is 19.2. The predicted molar refractivity (Wildman–Crippen MR) is 119 cm³/mol. The van der Waals surface area contributed by atoms with Gasteiger partial charge >= 0.3 is 0 Å². The zero-order chi connectivity index (χ0) is 19.3. The third-order valence-electron chi connectivity index (χ3n) is 6.32. The average molecular weight is 365 g/mol. The highest BCUT2D eigenvalue weighted by molar-refractivity contribution is 6.61. The van der Waals surface area contributed by atoms with Crippen molar-refractivity contribution in [3.05, 3.63) is 58.7 Å². The molecule has 2 aromatic carbocycles. The van der Waals surface area contributed by atoms with Crippen LogP contribution in [0.1, 0.15) is 83.2 Å². The molecule has 1 aliphatic rings. The van der Waals surface area contributed by atoms with Gasteiger partial charge in [-0.1, -0.05) is 104 Å². The molecule has 0 fully saturated rings. The van der Waals surface area contributed by atoms with Crippen LogP contribution < -0.4 is 0 Å². The molecule has 0 aromatic heterocycles. The second-order valence-corrected chi connectivity index (χ2v) is 14.0. The Hall–Kier alpha value is -1.34. The van der Waals surface area contributed by atoms with Crippen molar-refractivity contribution in [2.75, 3.05) is 0 Å². The highest BCUT2D eigenvalue weighted by atomic mass is 28.3. The van der Waals surface area contributed by atoms with Crippen molar-refractivity contribution in [1.82, 2.24) is 0 Å². The monoisotopic (exact) mass is 364 g/mol. The molecule has 0 radical (unpaired) electrons. The Morgan fingerprint density at radius 1 is 0.692 bits per heavy atom. The SMILES string of the molecule is CC[SiH](CC)C1c2cc(C(C)(C)C)ccc2-c2ccc(C(C)(C)C)cc21. The fourth-order valence-electron chi connectivity index (χ4n) is 4.50. The highest BCUT2D eigenvalue weighted by Gasteiger charge is 2.35. The largest absolute Gasteiger partial charge is 0.0680 e. The lowest BCUT2D eigenvalue weighted by Gasteiger charge is -2.26. The molecule has 1 aliphatic carbocycles. The molecule has 0 saturated carbocycles. The summed E-state index contributed by atoms with van der Waals surface area (Å²) in [7, 11) is -0.868. The molecule has 0 aliphatic heterocycles. The van der Waals surface area contributed by atoms with Gasteiger partial charge in [-0.3, -0.25) is 0 Å². The van der Waals surface area contributed by atoms with Crippen molar-refractivity contribution < 1.29 is 0 Å². The number of rotatable bonds is 3. The predicted octanol–water partition coefficient (Wildman–Crippen LogP) is 7.20. The van der Waals surface area contributed by atoms with E-state index in [-0.39, 0.29) is 10.8 Å². The summed E-state index contributed by atoms with van der Waals surface area (Å²) >= 11 is 0. The van der Waals surface area contributed by atoms with Gasteiger partial charge in [-0.05, 0) is 44.2 Å². The summed E-state index contributed by atoms with van der Waals surface area (Å²) in [6, 6.07) is 17.4. The Kier molecular flexibility index (Phi) is 4.98. The van der Waals surface area contributed by atoms with Crippen LogP contribution in [0.25, 0.3) is 11.1 Å². The summed E-state index contributed by atoms with van der Waals surface area (Å²) in [6.07, 6.45) is 0. The van der Waals surface area contributed by atoms with Crippen molar-refractivity contribution in [3.8, 4) is 11.1 Å². The molecular weight excluding hydrogens is 328 g/mol. The quantitative estimate of drug-likeness (QED) is 0.505. The second kappa shape index (κ2) is 6.67. The minimum Gasteiger partial charge on any atom is -0.0680 e. The molecule has 0 atom stereocenters. The summed E-state index contributed by atoms with van der Waals surface area (Å²) in [4.78, 5) is 0. The van der Waals surface area contributed by atoms with Gasteiger partial charge in [-0.25, -0.2) is 0 Å². The summed E-state index contributed by atoms with van der Waals surface area (Å²) < 4.78 is 0. The molecule has 0 heterocycles. The summed E-state index contributed by atoms with van der Waals surface area (Å²) in [5, 5.41) is 0. The standard InChI is InChI=1S/C25H36Si/c1-9-26(10-2)23-21-15-17(24(3,4)5)11-13-19(21)20-14-12-18(16-22(20)23)25(6,7)8/h11-16,23,26H,9-10H2,1-8H3. The Bertz CT molecular complexity index is 734. The molecule has 3 rings (SSSR count). The number of hydrogen-bond donors (Lipinski definition) is 0. The van der Waals surface area contributed by atoms with Crippen molar-refractivity contribution in [2.45, 2.75) is 83.8 Å². The van der Waals surface area contributed by atoms with Crippen LogP contribution in [-0.2, 0) is 10.8 Å². The summed E-state index contributed by atoms with van der Waals surface area (Å²) in [6.45, 7) is 18.8. The maximum Gasteiger partial charge on any atom is 0.0500 e. The lowest BCUT2D eigenvalue weighted by molar-refractivity contribution is 0.589. The maximum atomic E-state index is 2.54. The minimum absolute atomic E-state index is 0.209. The zero-order valence-electron chi connectivity index (χ0n) is 18.0. The summed E-state index contributed by atoms with van der Waals surface area (Å²) in [5.74, 6) is 0. The van der Waals surface area contributed by atoms with Gasteiger partial charge in [0.1, 0.15) is 0 Å². The van der Waals surface area contributed by atoms with E-state index in [0.29, 0.717) is 5.54 Å². The first-order valence-electron chi connectivity index (χ1n) is 10.4. The average Bonchev–Trinajstić information content (AvgIpc) is 2.88. The maximum absolute atomic E-state index is 2.54. The van der Waals surface area contributed by atoms with Crippen LogP contribution in [-0.4, -0.2) is 8.80 Å². The van der Waals surface area contributed by atoms with Gasteiger partial charge in [-0.2, -0.15) is 0 Å². The van der Waals surface area contributed by atoms with Gasteiger partial charge in [0.2, 0.25) is 0 Å². The van der Waals surface area contributed by atoms with Crippen LogP contribution in [0, 0.1) is 0 Å². The topological polar surface area (TPSA) is 0 Å². The van der Waals surface area contributed by atoms with Gasteiger partial charge in [0.15, 0.2) is 0 Å². The van der Waals surface area contributed by atoms with Gasteiger partial charge in [-0.15, -0.1) is 0 Å². The van der Waals surface area contributed by atoms with E-state index in [9.17, 15) is 0 Å². The van der Waals surface area contributed by atoms with Crippen molar-refractivity contribution in [3.63, 3.8) is 0 Å². The highest BCUT2D eigenvalue weighted by Crippen LogP contribution is 2.49. The molecule has 0 saturated heterocycles. The van der Waals surface area contributed by atoms with Gasteiger partial charge in [0.05, 0.1) is 0 Å². The van der Waals surface area contributed by atoms with Crippen LogP contribution in [0.5, 0.6) is 0 Å². The lowest BCUT2D eigenvalue weighted by Crippen LogP contribution is -2.22. The molecule has 2 aromatic rings. The lowest BCUT2D eigenvalue weighted by atomic mass is 9.85. The Balaban J connectivity index is 2.23. The fourth-order valence-corrected chi connectivity index (χ4v) is 7.59. The van der Waals surface area contributed by atoms with E-state index < -0.39 is 8.80 Å². The Morgan fingerprint density at radius 3 is 1.38 bits per heavy atom. The molecule has 0 spiro atoms. The van der Waals surface area contributed by atoms with Crippen LogP contribution in [0.15, 0.2) is 36.4 Å². The van der Waals surface area contributed by atoms with E-state index in [0.717, 1.165) is 0 Å². The van der Waals surface area contributed by atoms with Gasteiger partial charge in [0.25, 0.3) is 0 Å². The third-order valence-corrected chi connectivity index (χ3v) is 10.1. The van der Waals surface area contributed by atoms with E-state index >= 15 is 0 Å². The molecule has 0 N–H and O–H groups in total. The summed E-state index contributed by atoms with van der Waals surface area (Å²) in [5.41, 5.74) is 10.3. The Morgan fingerprint density at radius 2 is 1.08 bits per heavy atom. The smallest absolute Gasteiger partial charge is 0.0500 e. The van der Waals surface area contributed by atoms with E-state index in [1.54, 1.807) is 11.1 Å². The van der Waals surface area contributed by atoms with Crippen LogP contribution in [0.2, 0.25) is 12.1 Å².